The summed E-state index contributed by atoms with van der Waals surface area (Å²) in [5.74, 6) is 0.258. The number of hydrogen-bond acceptors (Lipinski definition) is 3. The predicted octanol–water partition coefficient (Wildman–Crippen LogP) is 4.17. The molecule has 1 N–H and O–H groups in total. The summed E-state index contributed by atoms with van der Waals surface area (Å²) in [5, 5.41) is 3.43. The molecule has 0 atom stereocenters. The van der Waals surface area contributed by atoms with E-state index < -0.39 is 0 Å². The van der Waals surface area contributed by atoms with Crippen LogP contribution in [0.2, 0.25) is 5.02 Å². The lowest BCUT2D eigenvalue weighted by Gasteiger charge is -2.30. The molecule has 0 radical (unpaired) electrons. The lowest BCUT2D eigenvalue weighted by atomic mass is 9.98. The fraction of sp³-hybridized carbons (Fsp3) is 0.350. The van der Waals surface area contributed by atoms with E-state index in [0.29, 0.717) is 22.2 Å². The normalized spacial score (nSPS) is 15.0. The molecule has 1 fully saturated rings. The highest BCUT2D eigenvalue weighted by Crippen LogP contribution is 2.21. The van der Waals surface area contributed by atoms with Gasteiger partial charge < -0.3 is 10.2 Å². The smallest absolute Gasteiger partial charge is 0.274 e. The second-order valence-corrected chi connectivity index (χ2v) is 7.25. The van der Waals surface area contributed by atoms with Gasteiger partial charge in [0.1, 0.15) is 5.69 Å². The topological polar surface area (TPSA) is 62.3 Å². The van der Waals surface area contributed by atoms with Crippen molar-refractivity contribution in [1.82, 2.24) is 9.88 Å². The molecular formula is C20H22ClN3O2. The Kier molecular flexibility index (Phi) is 5.57. The quantitative estimate of drug-likeness (QED) is 0.880. The summed E-state index contributed by atoms with van der Waals surface area (Å²) in [5.41, 5.74) is 2.24. The number of aromatic nitrogens is 1. The molecule has 1 saturated heterocycles. The summed E-state index contributed by atoms with van der Waals surface area (Å²) in [7, 11) is 0. The summed E-state index contributed by atoms with van der Waals surface area (Å²) < 4.78 is 0. The van der Waals surface area contributed by atoms with Gasteiger partial charge in [-0.2, -0.15) is 0 Å². The number of hydrogen-bond donors (Lipinski definition) is 1. The number of nitrogens with one attached hydrogen (secondary N) is 1. The van der Waals surface area contributed by atoms with Gasteiger partial charge in [-0.25, -0.2) is 0 Å². The molecule has 26 heavy (non-hydrogen) atoms. The van der Waals surface area contributed by atoms with Crippen LogP contribution >= 0.6 is 11.6 Å². The van der Waals surface area contributed by atoms with Gasteiger partial charge in [0.15, 0.2) is 0 Å². The van der Waals surface area contributed by atoms with Crippen molar-refractivity contribution in [2.24, 2.45) is 5.92 Å². The van der Waals surface area contributed by atoms with E-state index in [-0.39, 0.29) is 17.5 Å². The Morgan fingerprint density at radius 2 is 1.92 bits per heavy atom. The molecule has 5 nitrogen and oxygen atoms in total. The van der Waals surface area contributed by atoms with E-state index >= 15 is 0 Å². The van der Waals surface area contributed by atoms with Crippen molar-refractivity contribution >= 4 is 29.1 Å². The van der Waals surface area contributed by atoms with E-state index in [1.807, 2.05) is 11.8 Å². The number of amides is 2. The van der Waals surface area contributed by atoms with Crippen molar-refractivity contribution in [1.29, 1.82) is 0 Å². The van der Waals surface area contributed by atoms with Crippen LogP contribution in [-0.4, -0.2) is 34.8 Å². The Morgan fingerprint density at radius 1 is 1.19 bits per heavy atom. The zero-order valence-electron chi connectivity index (χ0n) is 15.0. The number of carbonyl (C=O) groups is 2. The summed E-state index contributed by atoms with van der Waals surface area (Å²) in [6, 6.07) is 8.46. The minimum atomic E-state index is -0.350. The van der Waals surface area contributed by atoms with E-state index in [1.165, 1.54) is 6.20 Å². The summed E-state index contributed by atoms with van der Waals surface area (Å²) in [6.45, 7) is 5.59. The number of nitrogens with zero attached hydrogens (tertiary/aromatic N) is 2. The largest absolute Gasteiger partial charge is 0.339 e. The molecule has 0 bridgehead atoms. The summed E-state index contributed by atoms with van der Waals surface area (Å²) >= 11 is 5.94. The number of halogens is 1. The predicted molar refractivity (Wildman–Crippen MR) is 103 cm³/mol. The van der Waals surface area contributed by atoms with Gasteiger partial charge in [0, 0.05) is 35.6 Å². The fourth-order valence-corrected chi connectivity index (χ4v) is 3.26. The van der Waals surface area contributed by atoms with Crippen LogP contribution in [0.1, 0.15) is 46.2 Å². The molecule has 1 aromatic carbocycles. The number of likely N-dealkylation sites (tertiary alicyclic amines) is 1. The second-order valence-electron chi connectivity index (χ2n) is 6.82. The molecule has 1 aliphatic heterocycles. The molecule has 2 heterocycles. The van der Waals surface area contributed by atoms with Crippen molar-refractivity contribution in [3.63, 3.8) is 0 Å². The SMILES string of the molecule is Cc1cc(Cl)ccc1NC(=O)c1cc(C(=O)N2CCC(C)CC2)ccn1. The first-order valence-corrected chi connectivity index (χ1v) is 9.14. The lowest BCUT2D eigenvalue weighted by Crippen LogP contribution is -2.38. The molecule has 0 unspecified atom stereocenters. The Hall–Kier alpha value is -2.40. The van der Waals surface area contributed by atoms with Gasteiger partial charge in [-0.15, -0.1) is 0 Å². The van der Waals surface area contributed by atoms with Crippen molar-refractivity contribution in [3.05, 3.63) is 58.4 Å². The van der Waals surface area contributed by atoms with Crippen LogP contribution in [0.4, 0.5) is 5.69 Å². The second kappa shape index (κ2) is 7.87. The van der Waals surface area contributed by atoms with Crippen molar-refractivity contribution in [2.45, 2.75) is 26.7 Å². The minimum Gasteiger partial charge on any atom is -0.339 e. The van der Waals surface area contributed by atoms with Gasteiger partial charge >= 0.3 is 0 Å². The number of benzene rings is 1. The van der Waals surface area contributed by atoms with Gasteiger partial charge in [-0.3, -0.25) is 14.6 Å². The standard InChI is InChI=1S/C20H22ClN3O2/c1-13-6-9-24(10-7-13)20(26)15-5-8-22-18(12-15)19(25)23-17-4-3-16(21)11-14(17)2/h3-5,8,11-13H,6-7,9-10H2,1-2H3,(H,23,25). The maximum atomic E-state index is 12.7. The molecule has 1 aromatic heterocycles. The Balaban J connectivity index is 1.74. The molecule has 0 saturated carbocycles. The maximum absolute atomic E-state index is 12.7. The first-order chi connectivity index (χ1) is 12.4. The molecule has 0 spiro atoms. The first kappa shape index (κ1) is 18.4. The number of aryl methyl sites for hydroxylation is 1. The summed E-state index contributed by atoms with van der Waals surface area (Å²) in [6.07, 6.45) is 3.53. The van der Waals surface area contributed by atoms with Gasteiger partial charge in [-0.1, -0.05) is 18.5 Å². The number of piperidine rings is 1. The third-order valence-corrected chi connectivity index (χ3v) is 4.98. The van der Waals surface area contributed by atoms with E-state index in [1.54, 1.807) is 30.3 Å². The number of carbonyl (C=O) groups excluding carboxylic acids is 2. The van der Waals surface area contributed by atoms with Crippen LogP contribution in [0, 0.1) is 12.8 Å². The van der Waals surface area contributed by atoms with Crippen molar-refractivity contribution in [3.8, 4) is 0 Å². The van der Waals surface area contributed by atoms with Crippen molar-refractivity contribution in [2.75, 3.05) is 18.4 Å². The third kappa shape index (κ3) is 4.22. The molecule has 2 amide bonds. The highest BCUT2D eigenvalue weighted by Gasteiger charge is 2.22. The summed E-state index contributed by atoms with van der Waals surface area (Å²) in [4.78, 5) is 31.2. The highest BCUT2D eigenvalue weighted by atomic mass is 35.5. The average Bonchev–Trinajstić information content (AvgIpc) is 2.64. The molecule has 3 rings (SSSR count). The Bertz CT molecular complexity index is 830. The molecule has 6 heteroatoms. The van der Waals surface area contributed by atoms with Crippen LogP contribution < -0.4 is 5.32 Å². The molecule has 1 aliphatic rings. The average molecular weight is 372 g/mol. The van der Waals surface area contributed by atoms with E-state index in [4.69, 9.17) is 11.6 Å². The number of rotatable bonds is 3. The minimum absolute atomic E-state index is 0.0453. The lowest BCUT2D eigenvalue weighted by molar-refractivity contribution is 0.0697. The zero-order chi connectivity index (χ0) is 18.7. The van der Waals surface area contributed by atoms with E-state index in [0.717, 1.165) is 31.5 Å². The molecule has 0 aliphatic carbocycles. The first-order valence-electron chi connectivity index (χ1n) is 8.77. The Labute approximate surface area is 158 Å². The molecule has 136 valence electrons. The molecule has 2 aromatic rings. The van der Waals surface area contributed by atoms with Crippen LogP contribution in [0.25, 0.3) is 0 Å². The Morgan fingerprint density at radius 3 is 2.62 bits per heavy atom. The third-order valence-electron chi connectivity index (χ3n) is 4.75. The molecular weight excluding hydrogens is 350 g/mol. The van der Waals surface area contributed by atoms with Gasteiger partial charge in [0.2, 0.25) is 0 Å². The number of anilines is 1. The number of pyridine rings is 1. The maximum Gasteiger partial charge on any atom is 0.274 e. The van der Waals surface area contributed by atoms with Crippen molar-refractivity contribution < 1.29 is 9.59 Å². The fourth-order valence-electron chi connectivity index (χ4n) is 3.04. The van der Waals surface area contributed by atoms with Crippen LogP contribution in [-0.2, 0) is 0 Å². The van der Waals surface area contributed by atoms with Crippen LogP contribution in [0.15, 0.2) is 36.5 Å². The zero-order valence-corrected chi connectivity index (χ0v) is 15.7. The van der Waals surface area contributed by atoms with Crippen LogP contribution in [0.3, 0.4) is 0 Å². The van der Waals surface area contributed by atoms with E-state index in [2.05, 4.69) is 17.2 Å². The van der Waals surface area contributed by atoms with Gasteiger partial charge in [0.25, 0.3) is 11.8 Å². The van der Waals surface area contributed by atoms with E-state index in [9.17, 15) is 9.59 Å². The highest BCUT2D eigenvalue weighted by molar-refractivity contribution is 6.30. The van der Waals surface area contributed by atoms with Gasteiger partial charge in [0.05, 0.1) is 0 Å². The van der Waals surface area contributed by atoms with Gasteiger partial charge in [-0.05, 0) is 61.6 Å². The monoisotopic (exact) mass is 371 g/mol. The van der Waals surface area contributed by atoms with Crippen LogP contribution in [0.5, 0.6) is 0 Å².